The van der Waals surface area contributed by atoms with E-state index in [1.165, 1.54) is 6.92 Å². The highest BCUT2D eigenvalue weighted by Crippen LogP contribution is 2.34. The number of rotatable bonds is 5. The summed E-state index contributed by atoms with van der Waals surface area (Å²) in [5, 5.41) is 7.88. The Morgan fingerprint density at radius 1 is 1.00 bits per heavy atom. The minimum atomic E-state index is -0.875. The zero-order chi connectivity index (χ0) is 23.5. The van der Waals surface area contributed by atoms with Gasteiger partial charge in [-0.05, 0) is 42.4 Å². The van der Waals surface area contributed by atoms with Crippen molar-refractivity contribution < 1.29 is 14.4 Å². The first kappa shape index (κ1) is 22.5. The maximum absolute atomic E-state index is 13.8. The Bertz CT molecular complexity index is 1200. The lowest BCUT2D eigenvalue weighted by Crippen LogP contribution is -2.55. The van der Waals surface area contributed by atoms with E-state index in [0.717, 1.165) is 16.3 Å². The number of carbonyl (C=O) groups excluding carboxylic acids is 3. The molecule has 3 aromatic carbocycles. The zero-order valence-corrected chi connectivity index (χ0v) is 19.0. The highest BCUT2D eigenvalue weighted by atomic mass is 16.2. The second kappa shape index (κ2) is 9.42. The Balaban J connectivity index is 1.79. The number of amides is 3. The smallest absolute Gasteiger partial charge is 0.251 e. The molecule has 0 fully saturated rings. The average molecular weight is 445 g/mol. The number of fused-ring (bicyclic) bond motifs is 2. The van der Waals surface area contributed by atoms with E-state index in [9.17, 15) is 14.4 Å². The lowest BCUT2D eigenvalue weighted by Gasteiger charge is -2.26. The number of carbonyl (C=O) groups is 3. The average Bonchev–Trinajstić information content (AvgIpc) is 2.94. The molecular formula is C26H28N4O3. The van der Waals surface area contributed by atoms with Crippen LogP contribution in [0, 0.1) is 0 Å². The molecule has 0 unspecified atom stereocenters. The van der Waals surface area contributed by atoms with E-state index < -0.39 is 12.1 Å². The molecule has 33 heavy (non-hydrogen) atoms. The molecule has 0 saturated carbocycles. The summed E-state index contributed by atoms with van der Waals surface area (Å²) in [5.41, 5.74) is 2.28. The third kappa shape index (κ3) is 4.45. The predicted molar refractivity (Wildman–Crippen MR) is 130 cm³/mol. The fourth-order valence-corrected chi connectivity index (χ4v) is 4.18. The normalized spacial score (nSPS) is 16.8. The summed E-state index contributed by atoms with van der Waals surface area (Å²) >= 11 is 0. The number of anilines is 2. The molecule has 7 heteroatoms. The van der Waals surface area contributed by atoms with Crippen LogP contribution in [0.5, 0.6) is 0 Å². The number of hydrogen-bond donors (Lipinski definition) is 2. The third-order valence-corrected chi connectivity index (χ3v) is 6.12. The standard InChI is InChI=1S/C26H28N4O3/c1-17(27-3)25(32)28-22-16-29(18(2)31)23-13-6-7-14-24(23)30(26(22)33)15-20-11-8-10-19-9-4-5-12-21(19)20/h4-14,17,22,27H,15-16H2,1-3H3,(H,28,32)/t17-,22-/m0/s1. The summed E-state index contributed by atoms with van der Waals surface area (Å²) in [6.45, 7) is 3.58. The van der Waals surface area contributed by atoms with E-state index in [2.05, 4.69) is 10.6 Å². The molecule has 170 valence electrons. The van der Waals surface area contributed by atoms with Gasteiger partial charge in [0.25, 0.3) is 5.91 Å². The molecule has 4 rings (SSSR count). The summed E-state index contributed by atoms with van der Waals surface area (Å²) in [4.78, 5) is 42.2. The lowest BCUT2D eigenvalue weighted by atomic mass is 10.0. The van der Waals surface area contributed by atoms with Crippen LogP contribution in [0.25, 0.3) is 10.8 Å². The number of nitrogens with one attached hydrogen (secondary N) is 2. The van der Waals surface area contributed by atoms with Gasteiger partial charge >= 0.3 is 0 Å². The van der Waals surface area contributed by atoms with Crippen molar-refractivity contribution in [3.05, 3.63) is 72.3 Å². The first-order chi connectivity index (χ1) is 15.9. The third-order valence-electron chi connectivity index (χ3n) is 6.12. The van der Waals surface area contributed by atoms with Crippen molar-refractivity contribution in [1.82, 2.24) is 10.6 Å². The summed E-state index contributed by atoms with van der Waals surface area (Å²) < 4.78 is 0. The van der Waals surface area contributed by atoms with E-state index in [1.807, 2.05) is 66.7 Å². The van der Waals surface area contributed by atoms with E-state index in [4.69, 9.17) is 0 Å². The Morgan fingerprint density at radius 3 is 2.39 bits per heavy atom. The minimum Gasteiger partial charge on any atom is -0.341 e. The van der Waals surface area contributed by atoms with Gasteiger partial charge < -0.3 is 20.4 Å². The number of nitrogens with zero attached hydrogens (tertiary/aromatic N) is 2. The second-order valence-electron chi connectivity index (χ2n) is 8.25. The van der Waals surface area contributed by atoms with Crippen LogP contribution < -0.4 is 20.4 Å². The van der Waals surface area contributed by atoms with Crippen LogP contribution in [0.2, 0.25) is 0 Å². The van der Waals surface area contributed by atoms with Gasteiger partial charge in [0.2, 0.25) is 11.8 Å². The molecule has 7 nitrogen and oxygen atoms in total. The van der Waals surface area contributed by atoms with Crippen LogP contribution in [0.4, 0.5) is 11.4 Å². The van der Waals surface area contributed by atoms with E-state index in [0.29, 0.717) is 17.9 Å². The van der Waals surface area contributed by atoms with Gasteiger partial charge in [-0.1, -0.05) is 54.6 Å². The van der Waals surface area contributed by atoms with Crippen LogP contribution in [0.3, 0.4) is 0 Å². The SMILES string of the molecule is CN[C@@H](C)C(=O)N[C@H]1CN(C(C)=O)c2ccccc2N(Cc2cccc3ccccc23)C1=O. The van der Waals surface area contributed by atoms with Gasteiger partial charge in [0.15, 0.2) is 0 Å². The maximum atomic E-state index is 13.8. The van der Waals surface area contributed by atoms with E-state index in [1.54, 1.807) is 23.8 Å². The Kier molecular flexibility index (Phi) is 6.42. The molecule has 0 spiro atoms. The van der Waals surface area contributed by atoms with Crippen LogP contribution in [0.15, 0.2) is 66.7 Å². The number of para-hydroxylation sites is 2. The highest BCUT2D eigenvalue weighted by Gasteiger charge is 2.36. The highest BCUT2D eigenvalue weighted by molar-refractivity contribution is 6.08. The van der Waals surface area contributed by atoms with Gasteiger partial charge in [0, 0.05) is 6.92 Å². The maximum Gasteiger partial charge on any atom is 0.251 e. The summed E-state index contributed by atoms with van der Waals surface area (Å²) in [6, 6.07) is 20.1. The zero-order valence-electron chi connectivity index (χ0n) is 19.0. The van der Waals surface area contributed by atoms with Crippen LogP contribution >= 0.6 is 0 Å². The molecule has 0 saturated heterocycles. The van der Waals surface area contributed by atoms with Crippen molar-refractivity contribution in [3.63, 3.8) is 0 Å². The van der Waals surface area contributed by atoms with Crippen molar-refractivity contribution in [2.45, 2.75) is 32.5 Å². The first-order valence-corrected chi connectivity index (χ1v) is 11.0. The van der Waals surface area contributed by atoms with Crippen molar-refractivity contribution >= 4 is 39.9 Å². The summed E-state index contributed by atoms with van der Waals surface area (Å²) in [5.74, 6) is -0.741. The number of hydrogen-bond acceptors (Lipinski definition) is 4. The molecule has 3 amide bonds. The van der Waals surface area contributed by atoms with E-state index in [-0.39, 0.29) is 24.3 Å². The van der Waals surface area contributed by atoms with Gasteiger partial charge in [0.1, 0.15) is 6.04 Å². The summed E-state index contributed by atoms with van der Waals surface area (Å²) in [6.07, 6.45) is 0. The Hall–Kier alpha value is -3.71. The fourth-order valence-electron chi connectivity index (χ4n) is 4.18. The topological polar surface area (TPSA) is 81.8 Å². The minimum absolute atomic E-state index is 0.0688. The van der Waals surface area contributed by atoms with Gasteiger partial charge in [0.05, 0.1) is 30.5 Å². The Morgan fingerprint density at radius 2 is 1.67 bits per heavy atom. The molecule has 1 aliphatic rings. The second-order valence-corrected chi connectivity index (χ2v) is 8.25. The molecule has 0 bridgehead atoms. The number of benzene rings is 3. The van der Waals surface area contributed by atoms with Gasteiger partial charge in [-0.15, -0.1) is 0 Å². The molecule has 1 aliphatic heterocycles. The molecular weight excluding hydrogens is 416 g/mol. The molecule has 2 atom stereocenters. The van der Waals surface area contributed by atoms with Gasteiger partial charge in [-0.3, -0.25) is 14.4 Å². The van der Waals surface area contributed by atoms with Crippen LogP contribution in [0.1, 0.15) is 19.4 Å². The van der Waals surface area contributed by atoms with Crippen LogP contribution in [-0.2, 0) is 20.9 Å². The summed E-state index contributed by atoms with van der Waals surface area (Å²) in [7, 11) is 1.68. The van der Waals surface area contributed by atoms with Gasteiger partial charge in [-0.25, -0.2) is 0 Å². The molecule has 2 N–H and O–H groups in total. The monoisotopic (exact) mass is 444 g/mol. The van der Waals surface area contributed by atoms with Crippen molar-refractivity contribution in [1.29, 1.82) is 0 Å². The van der Waals surface area contributed by atoms with Crippen LogP contribution in [-0.4, -0.2) is 43.4 Å². The molecule has 0 radical (unpaired) electrons. The molecule has 3 aromatic rings. The largest absolute Gasteiger partial charge is 0.341 e. The number of likely N-dealkylation sites (N-methyl/N-ethyl adjacent to an activating group) is 1. The van der Waals surface area contributed by atoms with Crippen molar-refractivity contribution in [2.24, 2.45) is 0 Å². The lowest BCUT2D eigenvalue weighted by molar-refractivity contribution is -0.128. The predicted octanol–water partition coefficient (Wildman–Crippen LogP) is 2.83. The molecule has 1 heterocycles. The Labute approximate surface area is 193 Å². The van der Waals surface area contributed by atoms with Gasteiger partial charge in [-0.2, -0.15) is 0 Å². The quantitative estimate of drug-likeness (QED) is 0.634. The molecule has 0 aliphatic carbocycles. The fraction of sp³-hybridized carbons (Fsp3) is 0.269. The molecule has 0 aromatic heterocycles. The van der Waals surface area contributed by atoms with Crippen molar-refractivity contribution in [3.8, 4) is 0 Å². The first-order valence-electron chi connectivity index (χ1n) is 11.0. The van der Waals surface area contributed by atoms with E-state index >= 15 is 0 Å². The van der Waals surface area contributed by atoms with Crippen molar-refractivity contribution in [2.75, 3.05) is 23.4 Å².